The number of halogens is 1. The zero-order valence-corrected chi connectivity index (χ0v) is 15.4. The largest absolute Gasteiger partial charge is 0.398 e. The van der Waals surface area contributed by atoms with Crippen LogP contribution in [0.25, 0.3) is 0 Å². The van der Waals surface area contributed by atoms with E-state index in [1.165, 1.54) is 0 Å². The molecule has 0 bridgehead atoms. The average molecular weight is 377 g/mol. The molecule has 21 heavy (non-hydrogen) atoms. The quantitative estimate of drug-likeness (QED) is 0.698. The number of hydrogen-bond donors (Lipinski definition) is 1. The Morgan fingerprint density at radius 1 is 1.14 bits per heavy atom. The number of rotatable bonds is 8. The van der Waals surface area contributed by atoms with Crippen LogP contribution >= 0.6 is 15.9 Å². The minimum absolute atomic E-state index is 0.315. The van der Waals surface area contributed by atoms with Gasteiger partial charge < -0.3 is 5.73 Å². The van der Waals surface area contributed by atoms with Gasteiger partial charge in [-0.05, 0) is 53.4 Å². The van der Waals surface area contributed by atoms with Crippen LogP contribution in [0, 0.1) is 6.92 Å². The molecule has 1 aromatic rings. The van der Waals surface area contributed by atoms with Crippen molar-refractivity contribution >= 4 is 31.6 Å². The van der Waals surface area contributed by atoms with Gasteiger partial charge in [-0.1, -0.05) is 26.7 Å². The van der Waals surface area contributed by atoms with Gasteiger partial charge in [-0.3, -0.25) is 0 Å². The minimum atomic E-state index is -3.48. The third-order valence-corrected chi connectivity index (χ3v) is 6.16. The van der Waals surface area contributed by atoms with E-state index in [0.717, 1.165) is 30.2 Å². The Balaban J connectivity index is 3.18. The number of hydrogen-bond acceptors (Lipinski definition) is 3. The first-order valence-electron chi connectivity index (χ1n) is 7.40. The van der Waals surface area contributed by atoms with Crippen LogP contribution in [-0.4, -0.2) is 25.8 Å². The van der Waals surface area contributed by atoms with Gasteiger partial charge in [0.1, 0.15) is 0 Å². The Labute approximate surface area is 136 Å². The number of unbranched alkanes of at least 4 members (excludes halogenated alkanes) is 2. The van der Waals surface area contributed by atoms with E-state index in [1.54, 1.807) is 23.4 Å². The summed E-state index contributed by atoms with van der Waals surface area (Å²) in [4.78, 5) is 0.315. The maximum Gasteiger partial charge on any atom is 0.243 e. The van der Waals surface area contributed by atoms with Gasteiger partial charge in [-0.25, -0.2) is 8.42 Å². The zero-order chi connectivity index (χ0) is 16.0. The lowest BCUT2D eigenvalue weighted by Crippen LogP contribution is -2.33. The molecule has 0 aliphatic rings. The molecule has 1 aromatic carbocycles. The number of benzene rings is 1. The maximum absolute atomic E-state index is 12.9. The van der Waals surface area contributed by atoms with Crippen molar-refractivity contribution in [3.8, 4) is 0 Å². The third kappa shape index (κ3) is 4.69. The Kier molecular flexibility index (Phi) is 7.16. The predicted molar refractivity (Wildman–Crippen MR) is 91.9 cm³/mol. The normalized spacial score (nSPS) is 12.0. The van der Waals surface area contributed by atoms with Crippen molar-refractivity contribution in [2.75, 3.05) is 18.8 Å². The SMILES string of the molecule is CCCCN(CCCC)S(=O)(=O)c1cc(N)c(Br)cc1C. The van der Waals surface area contributed by atoms with Crippen molar-refractivity contribution in [2.45, 2.75) is 51.3 Å². The highest BCUT2D eigenvalue weighted by atomic mass is 79.9. The third-order valence-electron chi connectivity index (χ3n) is 3.43. The van der Waals surface area contributed by atoms with Crippen molar-refractivity contribution in [1.29, 1.82) is 0 Å². The molecule has 120 valence electrons. The molecule has 6 heteroatoms. The molecule has 0 aromatic heterocycles. The summed E-state index contributed by atoms with van der Waals surface area (Å²) in [6, 6.07) is 3.32. The molecule has 0 atom stereocenters. The molecule has 0 fully saturated rings. The number of nitrogens with zero attached hydrogens (tertiary/aromatic N) is 1. The predicted octanol–water partition coefficient (Wildman–Crippen LogP) is 3.93. The molecule has 0 radical (unpaired) electrons. The molecule has 0 unspecified atom stereocenters. The lowest BCUT2D eigenvalue weighted by atomic mass is 10.2. The second-order valence-electron chi connectivity index (χ2n) is 5.25. The summed E-state index contributed by atoms with van der Waals surface area (Å²) >= 11 is 3.33. The Hall–Kier alpha value is -0.590. The van der Waals surface area contributed by atoms with Gasteiger partial charge in [-0.15, -0.1) is 0 Å². The Morgan fingerprint density at radius 2 is 1.67 bits per heavy atom. The summed E-state index contributed by atoms with van der Waals surface area (Å²) in [7, 11) is -3.48. The topological polar surface area (TPSA) is 63.4 Å². The standard InChI is InChI=1S/C15H25BrN2O2S/c1-4-6-8-18(9-7-5-2)21(19,20)15-11-14(17)13(16)10-12(15)3/h10-11H,4-9,17H2,1-3H3. The molecule has 0 aliphatic heterocycles. The fourth-order valence-corrected chi connectivity index (χ4v) is 4.32. The van der Waals surface area contributed by atoms with E-state index in [2.05, 4.69) is 29.8 Å². The summed E-state index contributed by atoms with van der Waals surface area (Å²) in [5, 5.41) is 0. The second kappa shape index (κ2) is 8.15. The fourth-order valence-electron chi connectivity index (χ4n) is 2.11. The zero-order valence-electron chi connectivity index (χ0n) is 13.0. The van der Waals surface area contributed by atoms with Gasteiger partial charge in [0.05, 0.1) is 4.90 Å². The summed E-state index contributed by atoms with van der Waals surface area (Å²) < 4.78 is 28.1. The monoisotopic (exact) mass is 376 g/mol. The first-order chi connectivity index (χ1) is 9.84. The minimum Gasteiger partial charge on any atom is -0.398 e. The van der Waals surface area contributed by atoms with E-state index in [9.17, 15) is 8.42 Å². The molecule has 0 amide bonds. The van der Waals surface area contributed by atoms with Gasteiger partial charge >= 0.3 is 0 Å². The molecule has 1 rings (SSSR count). The number of aryl methyl sites for hydroxylation is 1. The number of anilines is 1. The molecule has 0 aliphatic carbocycles. The van der Waals surface area contributed by atoms with Crippen LogP contribution < -0.4 is 5.73 Å². The van der Waals surface area contributed by atoms with Crippen molar-refractivity contribution in [3.63, 3.8) is 0 Å². The summed E-state index contributed by atoms with van der Waals surface area (Å²) in [5.41, 5.74) is 7.02. The molecule has 0 spiro atoms. The molecule has 0 saturated heterocycles. The fraction of sp³-hybridized carbons (Fsp3) is 0.600. The van der Waals surface area contributed by atoms with Crippen LogP contribution in [0.15, 0.2) is 21.5 Å². The lowest BCUT2D eigenvalue weighted by Gasteiger charge is -2.23. The summed E-state index contributed by atoms with van der Waals surface area (Å²) in [6.45, 7) is 7.05. The molecule has 4 nitrogen and oxygen atoms in total. The number of sulfonamides is 1. The summed E-state index contributed by atoms with van der Waals surface area (Å²) in [6.07, 6.45) is 3.68. The molecular formula is C15H25BrN2O2S. The first kappa shape index (κ1) is 18.5. The van der Waals surface area contributed by atoms with E-state index >= 15 is 0 Å². The molecular weight excluding hydrogens is 352 g/mol. The van der Waals surface area contributed by atoms with Crippen LogP contribution in [0.3, 0.4) is 0 Å². The molecule has 0 saturated carbocycles. The van der Waals surface area contributed by atoms with E-state index in [1.807, 2.05) is 0 Å². The first-order valence-corrected chi connectivity index (χ1v) is 9.63. The highest BCUT2D eigenvalue weighted by molar-refractivity contribution is 9.10. The van der Waals surface area contributed by atoms with E-state index in [0.29, 0.717) is 29.2 Å². The summed E-state index contributed by atoms with van der Waals surface area (Å²) in [5.74, 6) is 0. The lowest BCUT2D eigenvalue weighted by molar-refractivity contribution is 0.395. The molecule has 0 heterocycles. The van der Waals surface area contributed by atoms with Crippen molar-refractivity contribution < 1.29 is 8.42 Å². The van der Waals surface area contributed by atoms with Crippen molar-refractivity contribution in [1.82, 2.24) is 4.31 Å². The smallest absolute Gasteiger partial charge is 0.243 e. The Bertz CT molecular complexity index is 565. The van der Waals surface area contributed by atoms with Crippen LogP contribution in [0.1, 0.15) is 45.1 Å². The average Bonchev–Trinajstić information content (AvgIpc) is 2.42. The molecule has 2 N–H and O–H groups in total. The number of nitrogens with two attached hydrogens (primary N) is 1. The highest BCUT2D eigenvalue weighted by Gasteiger charge is 2.25. The van der Waals surface area contributed by atoms with Gasteiger partial charge in [-0.2, -0.15) is 4.31 Å². The van der Waals surface area contributed by atoms with E-state index in [-0.39, 0.29) is 0 Å². The van der Waals surface area contributed by atoms with Crippen LogP contribution in [0.2, 0.25) is 0 Å². The number of nitrogen functional groups attached to an aromatic ring is 1. The van der Waals surface area contributed by atoms with Gasteiger partial charge in [0.15, 0.2) is 0 Å². The van der Waals surface area contributed by atoms with Gasteiger partial charge in [0.25, 0.3) is 0 Å². The van der Waals surface area contributed by atoms with Crippen LogP contribution in [0.4, 0.5) is 5.69 Å². The van der Waals surface area contributed by atoms with Crippen LogP contribution in [-0.2, 0) is 10.0 Å². The second-order valence-corrected chi connectivity index (χ2v) is 8.01. The van der Waals surface area contributed by atoms with Crippen molar-refractivity contribution in [2.24, 2.45) is 0 Å². The van der Waals surface area contributed by atoms with Crippen molar-refractivity contribution in [3.05, 3.63) is 22.2 Å². The van der Waals surface area contributed by atoms with Crippen LogP contribution in [0.5, 0.6) is 0 Å². The maximum atomic E-state index is 12.9. The highest BCUT2D eigenvalue weighted by Crippen LogP contribution is 2.28. The van der Waals surface area contributed by atoms with E-state index < -0.39 is 10.0 Å². The van der Waals surface area contributed by atoms with Gasteiger partial charge in [0.2, 0.25) is 10.0 Å². The van der Waals surface area contributed by atoms with E-state index in [4.69, 9.17) is 5.73 Å². The Morgan fingerprint density at radius 3 is 2.14 bits per heavy atom. The van der Waals surface area contributed by atoms with Gasteiger partial charge in [0, 0.05) is 23.2 Å².